The van der Waals surface area contributed by atoms with Crippen molar-refractivity contribution in [3.05, 3.63) is 71.8 Å². The van der Waals surface area contributed by atoms with E-state index in [2.05, 4.69) is 13.8 Å². The van der Waals surface area contributed by atoms with Crippen molar-refractivity contribution in [3.63, 3.8) is 0 Å². The first-order valence-corrected chi connectivity index (χ1v) is 15.2. The van der Waals surface area contributed by atoms with Gasteiger partial charge in [0, 0.05) is 11.3 Å². The molecule has 5 heteroatoms. The van der Waals surface area contributed by atoms with Gasteiger partial charge in [-0.15, -0.1) is 0 Å². The fourth-order valence-electron chi connectivity index (χ4n) is 9.66. The first-order chi connectivity index (χ1) is 19.2. The number of Topliss-reactive ketones (excluding diaryl/α,β-unsaturated/α-hetero) is 1. The largest absolute Gasteiger partial charge is 0.459 e. The van der Waals surface area contributed by atoms with Gasteiger partial charge < -0.3 is 9.47 Å². The van der Waals surface area contributed by atoms with Crippen molar-refractivity contribution in [2.45, 2.75) is 84.3 Å². The van der Waals surface area contributed by atoms with Gasteiger partial charge in [-0.3, -0.25) is 4.79 Å². The molecule has 0 N–H and O–H groups in total. The number of ketones is 1. The summed E-state index contributed by atoms with van der Waals surface area (Å²) < 4.78 is 12.4. The van der Waals surface area contributed by atoms with Gasteiger partial charge in [0.1, 0.15) is 18.0 Å². The molecule has 0 saturated heterocycles. The summed E-state index contributed by atoms with van der Waals surface area (Å²) in [6.07, 6.45) is 7.40. The Morgan fingerprint density at radius 2 is 1.35 bits per heavy atom. The second kappa shape index (κ2) is 10.5. The molecule has 9 atom stereocenters. The van der Waals surface area contributed by atoms with Crippen LogP contribution in [0.25, 0.3) is 0 Å². The Morgan fingerprint density at radius 1 is 0.725 bits per heavy atom. The lowest BCUT2D eigenvalue weighted by Crippen LogP contribution is -2.59. The number of ether oxygens (including phenoxy) is 2. The van der Waals surface area contributed by atoms with Crippen molar-refractivity contribution in [1.29, 1.82) is 0 Å². The number of hydrogen-bond donors (Lipinski definition) is 0. The molecule has 2 aromatic rings. The Bertz CT molecular complexity index is 1260. The molecule has 0 bridgehead atoms. The molecule has 9 unspecified atom stereocenters. The van der Waals surface area contributed by atoms with Gasteiger partial charge in [0.2, 0.25) is 0 Å². The van der Waals surface area contributed by atoms with Crippen molar-refractivity contribution in [3.8, 4) is 0 Å². The molecular weight excluding hydrogens is 500 g/mol. The van der Waals surface area contributed by atoms with E-state index in [9.17, 15) is 14.4 Å². The Kier molecular flexibility index (Phi) is 7.13. The van der Waals surface area contributed by atoms with Crippen LogP contribution >= 0.6 is 0 Å². The average molecular weight is 543 g/mol. The SMILES string of the molecule is CC(=O)C1CCC2C3CCC4CC(OC(=O)c5ccccc5)CCC4(C)C3CC(OC(=O)c3ccccc3)C12C. The number of carbonyl (C=O) groups is 3. The summed E-state index contributed by atoms with van der Waals surface area (Å²) in [5, 5.41) is 0. The van der Waals surface area contributed by atoms with E-state index in [1.165, 1.54) is 0 Å². The van der Waals surface area contributed by atoms with E-state index in [0.717, 1.165) is 51.4 Å². The molecule has 212 valence electrons. The zero-order valence-electron chi connectivity index (χ0n) is 24.0. The van der Waals surface area contributed by atoms with Gasteiger partial charge in [0.15, 0.2) is 0 Å². The normalized spacial score (nSPS) is 38.3. The summed E-state index contributed by atoms with van der Waals surface area (Å²) in [5.74, 6) is 1.45. The van der Waals surface area contributed by atoms with Crippen molar-refractivity contribution in [2.75, 3.05) is 0 Å². The Labute approximate surface area is 238 Å². The Hall–Kier alpha value is -2.95. The van der Waals surface area contributed by atoms with Crippen LogP contribution in [0.15, 0.2) is 60.7 Å². The molecule has 0 amide bonds. The van der Waals surface area contributed by atoms with Gasteiger partial charge in [0.25, 0.3) is 0 Å². The monoisotopic (exact) mass is 542 g/mol. The van der Waals surface area contributed by atoms with Crippen LogP contribution in [-0.2, 0) is 14.3 Å². The van der Waals surface area contributed by atoms with Gasteiger partial charge >= 0.3 is 11.9 Å². The minimum absolute atomic E-state index is 0.0588. The molecule has 0 spiro atoms. The number of hydrogen-bond acceptors (Lipinski definition) is 5. The van der Waals surface area contributed by atoms with Gasteiger partial charge in [-0.25, -0.2) is 9.59 Å². The molecule has 2 aromatic carbocycles. The van der Waals surface area contributed by atoms with E-state index in [0.29, 0.717) is 34.8 Å². The molecule has 4 aliphatic rings. The third-order valence-corrected chi connectivity index (χ3v) is 11.7. The maximum absolute atomic E-state index is 13.3. The molecule has 0 radical (unpaired) electrons. The predicted molar refractivity (Wildman–Crippen MR) is 153 cm³/mol. The fraction of sp³-hybridized carbons (Fsp3) is 0.571. The van der Waals surface area contributed by atoms with Crippen LogP contribution in [0.3, 0.4) is 0 Å². The highest BCUT2D eigenvalue weighted by atomic mass is 16.5. The van der Waals surface area contributed by atoms with Gasteiger partial charge in [-0.05, 0) is 112 Å². The topological polar surface area (TPSA) is 69.7 Å². The fourth-order valence-corrected chi connectivity index (χ4v) is 9.66. The third kappa shape index (κ3) is 4.50. The lowest BCUT2D eigenvalue weighted by Gasteiger charge is -2.62. The van der Waals surface area contributed by atoms with E-state index >= 15 is 0 Å². The van der Waals surface area contributed by atoms with Crippen LogP contribution in [0.5, 0.6) is 0 Å². The second-order valence-electron chi connectivity index (χ2n) is 13.4. The number of carbonyl (C=O) groups excluding carboxylic acids is 3. The zero-order chi connectivity index (χ0) is 28.1. The highest BCUT2D eigenvalue weighted by molar-refractivity contribution is 5.90. The summed E-state index contributed by atoms with van der Waals surface area (Å²) in [7, 11) is 0. The molecule has 4 fully saturated rings. The van der Waals surface area contributed by atoms with Crippen molar-refractivity contribution < 1.29 is 23.9 Å². The van der Waals surface area contributed by atoms with E-state index in [1.807, 2.05) is 48.5 Å². The molecule has 6 rings (SSSR count). The molecule has 0 aliphatic heterocycles. The molecule has 4 saturated carbocycles. The highest BCUT2D eigenvalue weighted by Crippen LogP contribution is 2.68. The Morgan fingerprint density at radius 3 is 1.98 bits per heavy atom. The minimum atomic E-state index is -0.330. The van der Waals surface area contributed by atoms with Crippen LogP contribution in [-0.4, -0.2) is 29.9 Å². The van der Waals surface area contributed by atoms with E-state index in [4.69, 9.17) is 9.47 Å². The lowest BCUT2D eigenvalue weighted by atomic mass is 9.44. The number of benzene rings is 2. The minimum Gasteiger partial charge on any atom is -0.459 e. The lowest BCUT2D eigenvalue weighted by molar-refractivity contribution is -0.175. The predicted octanol–water partition coefficient (Wildman–Crippen LogP) is 7.30. The third-order valence-electron chi connectivity index (χ3n) is 11.7. The smallest absolute Gasteiger partial charge is 0.338 e. The first-order valence-electron chi connectivity index (χ1n) is 15.2. The van der Waals surface area contributed by atoms with Crippen LogP contribution in [0.2, 0.25) is 0 Å². The maximum Gasteiger partial charge on any atom is 0.338 e. The summed E-state index contributed by atoms with van der Waals surface area (Å²) in [5.41, 5.74) is 0.945. The highest BCUT2D eigenvalue weighted by Gasteiger charge is 2.65. The van der Waals surface area contributed by atoms with Crippen molar-refractivity contribution in [2.24, 2.45) is 40.4 Å². The van der Waals surface area contributed by atoms with E-state index < -0.39 is 0 Å². The van der Waals surface area contributed by atoms with Crippen LogP contribution < -0.4 is 0 Å². The summed E-state index contributed by atoms with van der Waals surface area (Å²) >= 11 is 0. The van der Waals surface area contributed by atoms with E-state index in [1.54, 1.807) is 19.1 Å². The zero-order valence-corrected chi connectivity index (χ0v) is 24.0. The summed E-state index contributed by atoms with van der Waals surface area (Å²) in [6.45, 7) is 6.40. The maximum atomic E-state index is 13.3. The van der Waals surface area contributed by atoms with Gasteiger partial charge in [-0.1, -0.05) is 50.2 Å². The number of fused-ring (bicyclic) bond motifs is 5. The average Bonchev–Trinajstić information content (AvgIpc) is 3.33. The second-order valence-corrected chi connectivity index (χ2v) is 13.4. The standard InChI is InChI=1S/C35H42O5/c1-22(36)28-16-17-29-27-15-14-25-20-26(39-32(37)23-10-6-4-7-11-23)18-19-34(25,2)30(27)21-31(35(28,29)3)40-33(38)24-12-8-5-9-13-24/h4-13,25-31H,14-21H2,1-3H3. The molecular formula is C35H42O5. The van der Waals surface area contributed by atoms with Crippen molar-refractivity contribution in [1.82, 2.24) is 0 Å². The molecule has 0 heterocycles. The molecule has 4 aliphatic carbocycles. The van der Waals surface area contributed by atoms with E-state index in [-0.39, 0.29) is 46.7 Å². The molecule has 0 aromatic heterocycles. The van der Waals surface area contributed by atoms with Gasteiger partial charge in [0.05, 0.1) is 11.1 Å². The van der Waals surface area contributed by atoms with Crippen LogP contribution in [0.4, 0.5) is 0 Å². The van der Waals surface area contributed by atoms with Gasteiger partial charge in [-0.2, -0.15) is 0 Å². The molecule has 40 heavy (non-hydrogen) atoms. The number of esters is 2. The first kappa shape index (κ1) is 27.2. The quantitative estimate of drug-likeness (QED) is 0.371. The van der Waals surface area contributed by atoms with Crippen LogP contribution in [0, 0.1) is 40.4 Å². The summed E-state index contributed by atoms with van der Waals surface area (Å²) in [6, 6.07) is 18.5. The Balaban J connectivity index is 1.24. The van der Waals surface area contributed by atoms with Crippen LogP contribution in [0.1, 0.15) is 92.9 Å². The number of rotatable bonds is 5. The van der Waals surface area contributed by atoms with Crippen molar-refractivity contribution >= 4 is 17.7 Å². The summed E-state index contributed by atoms with van der Waals surface area (Å²) in [4.78, 5) is 39.0. The molecule has 5 nitrogen and oxygen atoms in total.